The Labute approximate surface area is 109 Å². The van der Waals surface area contributed by atoms with Crippen molar-refractivity contribution in [3.63, 3.8) is 0 Å². The second kappa shape index (κ2) is 6.42. The van der Waals surface area contributed by atoms with Crippen molar-refractivity contribution in [1.29, 1.82) is 0 Å². The molecule has 0 saturated carbocycles. The Bertz CT molecular complexity index is 387. The van der Waals surface area contributed by atoms with Gasteiger partial charge < -0.3 is 4.74 Å². The lowest BCUT2D eigenvalue weighted by molar-refractivity contribution is 0.110. The molecule has 0 amide bonds. The Morgan fingerprint density at radius 3 is 2.65 bits per heavy atom. The fourth-order valence-corrected chi connectivity index (χ4v) is 1.86. The molecule has 0 aromatic heterocycles. The largest absolute Gasteiger partial charge is 0.383 e. The normalized spacial score (nSPS) is 13.1. The number of ether oxygens (including phenoxy) is 1. The van der Waals surface area contributed by atoms with Gasteiger partial charge in [-0.05, 0) is 42.0 Å². The second-order valence-corrected chi connectivity index (χ2v) is 4.90. The minimum Gasteiger partial charge on any atom is -0.383 e. The molecule has 0 aliphatic rings. The van der Waals surface area contributed by atoms with Crippen LogP contribution in [0.15, 0.2) is 16.6 Å². The van der Waals surface area contributed by atoms with Crippen molar-refractivity contribution in [1.82, 2.24) is 4.90 Å². The van der Waals surface area contributed by atoms with E-state index in [2.05, 4.69) is 15.9 Å². The molecule has 0 fully saturated rings. The number of benzene rings is 1. The summed E-state index contributed by atoms with van der Waals surface area (Å²) < 4.78 is 32.5. The van der Waals surface area contributed by atoms with E-state index in [4.69, 9.17) is 4.74 Å². The smallest absolute Gasteiger partial charge is 0.144 e. The third-order valence-electron chi connectivity index (χ3n) is 2.71. The first-order chi connectivity index (χ1) is 7.97. The van der Waals surface area contributed by atoms with Crippen LogP contribution in [0.2, 0.25) is 0 Å². The highest BCUT2D eigenvalue weighted by atomic mass is 79.9. The molecule has 96 valence electrons. The van der Waals surface area contributed by atoms with Gasteiger partial charge in [-0.15, -0.1) is 0 Å². The van der Waals surface area contributed by atoms with E-state index < -0.39 is 11.6 Å². The Kier molecular flexibility index (Phi) is 5.49. The summed E-state index contributed by atoms with van der Waals surface area (Å²) in [5.41, 5.74) is 0.0739. The number of likely N-dealkylation sites (N-methyl/N-ethyl adjacent to an activating group) is 1. The van der Waals surface area contributed by atoms with Crippen molar-refractivity contribution in [2.24, 2.45) is 0 Å². The molecule has 1 atom stereocenters. The molecule has 5 heteroatoms. The summed E-state index contributed by atoms with van der Waals surface area (Å²) in [6, 6.07) is 2.72. The average Bonchev–Trinajstić information content (AvgIpc) is 2.29. The predicted molar refractivity (Wildman–Crippen MR) is 66.9 cm³/mol. The Hall–Kier alpha value is -0.520. The van der Waals surface area contributed by atoms with Crippen molar-refractivity contribution >= 4 is 15.9 Å². The van der Waals surface area contributed by atoms with Gasteiger partial charge in [0, 0.05) is 25.3 Å². The summed E-state index contributed by atoms with van der Waals surface area (Å²) in [5.74, 6) is -1.07. The Morgan fingerprint density at radius 1 is 1.41 bits per heavy atom. The zero-order valence-corrected chi connectivity index (χ0v) is 11.7. The van der Waals surface area contributed by atoms with Gasteiger partial charge in [0.25, 0.3) is 0 Å². The van der Waals surface area contributed by atoms with E-state index in [0.717, 1.165) is 0 Å². The summed E-state index contributed by atoms with van der Waals surface area (Å²) in [7, 11) is 3.41. The van der Waals surface area contributed by atoms with Crippen LogP contribution >= 0.6 is 15.9 Å². The highest BCUT2D eigenvalue weighted by Gasteiger charge is 2.17. The number of hydrogen-bond donors (Lipinski definition) is 0. The van der Waals surface area contributed by atoms with Crippen LogP contribution in [0.25, 0.3) is 0 Å². The SMILES string of the molecule is COCC(C)N(C)Cc1c(F)ccc(Br)c1F. The van der Waals surface area contributed by atoms with Crippen LogP contribution in [0, 0.1) is 11.6 Å². The molecule has 1 rings (SSSR count). The molecule has 0 saturated heterocycles. The van der Waals surface area contributed by atoms with Gasteiger partial charge in [0.2, 0.25) is 0 Å². The van der Waals surface area contributed by atoms with Crippen molar-refractivity contribution in [2.75, 3.05) is 20.8 Å². The first-order valence-electron chi connectivity index (χ1n) is 5.29. The molecular weight excluding hydrogens is 292 g/mol. The van der Waals surface area contributed by atoms with Gasteiger partial charge in [0.05, 0.1) is 11.1 Å². The van der Waals surface area contributed by atoms with E-state index >= 15 is 0 Å². The second-order valence-electron chi connectivity index (χ2n) is 4.04. The first kappa shape index (κ1) is 14.5. The van der Waals surface area contributed by atoms with Gasteiger partial charge in [0.1, 0.15) is 11.6 Å². The zero-order chi connectivity index (χ0) is 13.0. The number of rotatable bonds is 5. The minimum absolute atomic E-state index is 0.0739. The quantitative estimate of drug-likeness (QED) is 0.775. The van der Waals surface area contributed by atoms with Crippen LogP contribution in [-0.2, 0) is 11.3 Å². The lowest BCUT2D eigenvalue weighted by Crippen LogP contribution is -2.32. The average molecular weight is 308 g/mol. The fraction of sp³-hybridized carbons (Fsp3) is 0.500. The summed E-state index contributed by atoms with van der Waals surface area (Å²) >= 11 is 3.05. The Morgan fingerprint density at radius 2 is 2.06 bits per heavy atom. The van der Waals surface area contributed by atoms with E-state index in [0.29, 0.717) is 6.61 Å². The molecule has 1 aromatic carbocycles. The van der Waals surface area contributed by atoms with E-state index in [1.807, 2.05) is 18.9 Å². The third kappa shape index (κ3) is 3.72. The molecule has 0 aliphatic carbocycles. The molecule has 1 unspecified atom stereocenters. The molecule has 1 aromatic rings. The lowest BCUT2D eigenvalue weighted by atomic mass is 10.1. The van der Waals surface area contributed by atoms with Crippen molar-refractivity contribution < 1.29 is 13.5 Å². The summed E-state index contributed by atoms with van der Waals surface area (Å²) in [6.07, 6.45) is 0. The van der Waals surface area contributed by atoms with Gasteiger partial charge >= 0.3 is 0 Å². The van der Waals surface area contributed by atoms with Gasteiger partial charge in [-0.2, -0.15) is 0 Å². The van der Waals surface area contributed by atoms with E-state index in [1.165, 1.54) is 12.1 Å². The van der Waals surface area contributed by atoms with Gasteiger partial charge in [-0.25, -0.2) is 8.78 Å². The van der Waals surface area contributed by atoms with Gasteiger partial charge in [-0.1, -0.05) is 0 Å². The maximum atomic E-state index is 13.7. The maximum Gasteiger partial charge on any atom is 0.144 e. The van der Waals surface area contributed by atoms with Gasteiger partial charge in [-0.3, -0.25) is 4.90 Å². The number of nitrogens with zero attached hydrogens (tertiary/aromatic N) is 1. The topological polar surface area (TPSA) is 12.5 Å². The van der Waals surface area contributed by atoms with E-state index in [1.54, 1.807) is 7.11 Å². The molecule has 0 spiro atoms. The monoisotopic (exact) mass is 307 g/mol. The van der Waals surface area contributed by atoms with Gasteiger partial charge in [0.15, 0.2) is 0 Å². The fourth-order valence-electron chi connectivity index (χ4n) is 1.49. The molecule has 0 heterocycles. The molecule has 2 nitrogen and oxygen atoms in total. The van der Waals surface area contributed by atoms with Crippen LogP contribution in [0.1, 0.15) is 12.5 Å². The minimum atomic E-state index is -0.540. The molecule has 0 bridgehead atoms. The van der Waals surface area contributed by atoms with E-state index in [-0.39, 0.29) is 22.6 Å². The number of methoxy groups -OCH3 is 1. The summed E-state index contributed by atoms with van der Waals surface area (Å²) in [5, 5.41) is 0. The summed E-state index contributed by atoms with van der Waals surface area (Å²) in [4.78, 5) is 1.84. The lowest BCUT2D eigenvalue weighted by Gasteiger charge is -2.24. The maximum absolute atomic E-state index is 13.7. The van der Waals surface area contributed by atoms with E-state index in [9.17, 15) is 8.78 Å². The van der Waals surface area contributed by atoms with Crippen molar-refractivity contribution in [3.8, 4) is 0 Å². The molecule has 0 radical (unpaired) electrons. The van der Waals surface area contributed by atoms with Crippen molar-refractivity contribution in [3.05, 3.63) is 33.8 Å². The summed E-state index contributed by atoms with van der Waals surface area (Å²) in [6.45, 7) is 2.67. The van der Waals surface area contributed by atoms with Crippen LogP contribution in [0.4, 0.5) is 8.78 Å². The highest BCUT2D eigenvalue weighted by molar-refractivity contribution is 9.10. The first-order valence-corrected chi connectivity index (χ1v) is 6.08. The standard InChI is InChI=1S/C12H16BrF2NO/c1-8(7-17-3)16(2)6-9-11(14)5-4-10(13)12(9)15/h4-5,8H,6-7H2,1-3H3. The third-order valence-corrected chi connectivity index (χ3v) is 3.32. The molecule has 0 N–H and O–H groups in total. The van der Waals surface area contributed by atoms with Crippen LogP contribution < -0.4 is 0 Å². The molecule has 17 heavy (non-hydrogen) atoms. The van der Waals surface area contributed by atoms with Crippen molar-refractivity contribution in [2.45, 2.75) is 19.5 Å². The van der Waals surface area contributed by atoms with Crippen LogP contribution in [0.3, 0.4) is 0 Å². The zero-order valence-electron chi connectivity index (χ0n) is 10.1. The number of hydrogen-bond acceptors (Lipinski definition) is 2. The molecular formula is C12H16BrF2NO. The molecule has 0 aliphatic heterocycles. The highest BCUT2D eigenvalue weighted by Crippen LogP contribution is 2.23. The van der Waals surface area contributed by atoms with Crippen LogP contribution in [-0.4, -0.2) is 31.7 Å². The Balaban J connectivity index is 2.84. The number of halogens is 3. The van der Waals surface area contributed by atoms with Crippen LogP contribution in [0.5, 0.6) is 0 Å². The predicted octanol–water partition coefficient (Wildman–Crippen LogP) is 3.19.